The van der Waals surface area contributed by atoms with Gasteiger partial charge in [0.1, 0.15) is 0 Å². The first kappa shape index (κ1) is 19.2. The summed E-state index contributed by atoms with van der Waals surface area (Å²) in [6, 6.07) is 9.18. The van der Waals surface area contributed by atoms with Gasteiger partial charge in [-0.2, -0.15) is 0 Å². The van der Waals surface area contributed by atoms with E-state index < -0.39 is 0 Å². The molecular formula is C16H28IN3. The van der Waals surface area contributed by atoms with Crippen molar-refractivity contribution in [1.82, 2.24) is 10.6 Å². The maximum absolute atomic E-state index is 4.25. The van der Waals surface area contributed by atoms with Crippen molar-refractivity contribution in [2.24, 2.45) is 4.99 Å². The molecule has 0 saturated heterocycles. The molecule has 0 radical (unpaired) electrons. The van der Waals surface area contributed by atoms with Crippen LogP contribution in [0.4, 0.5) is 0 Å². The third-order valence-electron chi connectivity index (χ3n) is 3.44. The topological polar surface area (TPSA) is 36.4 Å². The van der Waals surface area contributed by atoms with Crippen molar-refractivity contribution in [3.63, 3.8) is 0 Å². The van der Waals surface area contributed by atoms with Gasteiger partial charge in [-0.15, -0.1) is 24.0 Å². The minimum Gasteiger partial charge on any atom is -0.356 e. The van der Waals surface area contributed by atoms with Crippen LogP contribution in [-0.4, -0.2) is 25.6 Å². The van der Waals surface area contributed by atoms with Crippen LogP contribution in [0.15, 0.2) is 29.3 Å². The lowest BCUT2D eigenvalue weighted by Gasteiger charge is -2.19. The fraction of sp³-hybridized carbons (Fsp3) is 0.562. The van der Waals surface area contributed by atoms with Crippen LogP contribution < -0.4 is 10.6 Å². The van der Waals surface area contributed by atoms with E-state index in [0.717, 1.165) is 18.9 Å². The minimum atomic E-state index is 0. The number of aryl methyl sites for hydroxylation is 1. The summed E-state index contributed by atoms with van der Waals surface area (Å²) in [6.45, 7) is 9.56. The molecule has 1 aromatic rings. The third kappa shape index (κ3) is 6.59. The molecule has 2 unspecified atom stereocenters. The van der Waals surface area contributed by atoms with Crippen molar-refractivity contribution >= 4 is 29.9 Å². The summed E-state index contributed by atoms with van der Waals surface area (Å²) in [7, 11) is 1.81. The number of hydrogen-bond acceptors (Lipinski definition) is 1. The maximum atomic E-state index is 4.25. The first-order chi connectivity index (χ1) is 9.06. The fourth-order valence-corrected chi connectivity index (χ4v) is 1.79. The van der Waals surface area contributed by atoms with Crippen LogP contribution in [-0.2, 0) is 0 Å². The van der Waals surface area contributed by atoms with Crippen LogP contribution >= 0.6 is 24.0 Å². The van der Waals surface area contributed by atoms with Gasteiger partial charge in [-0.05, 0) is 31.7 Å². The van der Waals surface area contributed by atoms with E-state index in [4.69, 9.17) is 0 Å². The van der Waals surface area contributed by atoms with Crippen molar-refractivity contribution < 1.29 is 0 Å². The molecule has 20 heavy (non-hydrogen) atoms. The molecule has 0 heterocycles. The Balaban J connectivity index is 0.00000361. The molecule has 0 fully saturated rings. The Bertz CT molecular complexity index is 401. The minimum absolute atomic E-state index is 0. The van der Waals surface area contributed by atoms with Crippen LogP contribution in [0.1, 0.15) is 44.2 Å². The molecule has 0 spiro atoms. The number of hydrogen-bond donors (Lipinski definition) is 2. The smallest absolute Gasteiger partial charge is 0.191 e. The zero-order valence-electron chi connectivity index (χ0n) is 13.2. The lowest BCUT2D eigenvalue weighted by atomic mass is 10.0. The number of guanidine groups is 1. The number of halogens is 1. The number of nitrogens with zero attached hydrogens (tertiary/aromatic N) is 1. The van der Waals surface area contributed by atoms with Gasteiger partial charge in [-0.3, -0.25) is 4.99 Å². The van der Waals surface area contributed by atoms with E-state index in [1.54, 1.807) is 0 Å². The molecule has 2 N–H and O–H groups in total. The second-order valence-corrected chi connectivity index (χ2v) is 5.22. The predicted molar refractivity (Wildman–Crippen MR) is 99.3 cm³/mol. The molecule has 0 aliphatic heterocycles. The quantitative estimate of drug-likeness (QED) is 0.458. The Morgan fingerprint density at radius 2 is 1.80 bits per heavy atom. The first-order valence-electron chi connectivity index (χ1n) is 7.10. The van der Waals surface area contributed by atoms with Crippen LogP contribution in [0, 0.1) is 6.92 Å². The Hall–Kier alpha value is -0.780. The van der Waals surface area contributed by atoms with E-state index in [1.165, 1.54) is 11.1 Å². The van der Waals surface area contributed by atoms with Crippen molar-refractivity contribution in [3.05, 3.63) is 35.4 Å². The highest BCUT2D eigenvalue weighted by atomic mass is 127. The lowest BCUT2D eigenvalue weighted by molar-refractivity contribution is 0.614. The highest BCUT2D eigenvalue weighted by Gasteiger charge is 2.07. The van der Waals surface area contributed by atoms with Gasteiger partial charge in [-0.1, -0.05) is 43.7 Å². The summed E-state index contributed by atoms with van der Waals surface area (Å²) >= 11 is 0. The summed E-state index contributed by atoms with van der Waals surface area (Å²) in [5.74, 6) is 1.35. The Morgan fingerprint density at radius 3 is 2.30 bits per heavy atom. The molecule has 114 valence electrons. The Kier molecular flexibility index (Phi) is 9.63. The van der Waals surface area contributed by atoms with E-state index in [1.807, 2.05) is 7.05 Å². The van der Waals surface area contributed by atoms with E-state index in [9.17, 15) is 0 Å². The molecule has 4 heteroatoms. The maximum Gasteiger partial charge on any atom is 0.191 e. The Morgan fingerprint density at radius 1 is 1.20 bits per heavy atom. The standard InChI is InChI=1S/C16H27N3.HI/c1-6-14(4)19-16(17-5)18-11-13(3)15-9-7-12(2)8-10-15;/h7-10,13-14H,6,11H2,1-5H3,(H2,17,18,19);1H. The SMILES string of the molecule is CCC(C)NC(=NC)NCC(C)c1ccc(C)cc1.I. The van der Waals surface area contributed by atoms with E-state index in [0.29, 0.717) is 12.0 Å². The van der Waals surface area contributed by atoms with Gasteiger partial charge in [0.15, 0.2) is 5.96 Å². The van der Waals surface area contributed by atoms with Gasteiger partial charge >= 0.3 is 0 Å². The molecule has 0 bridgehead atoms. The molecular weight excluding hydrogens is 361 g/mol. The van der Waals surface area contributed by atoms with Crippen molar-refractivity contribution in [2.75, 3.05) is 13.6 Å². The predicted octanol–water partition coefficient (Wildman–Crippen LogP) is 3.68. The average molecular weight is 389 g/mol. The molecule has 0 aliphatic rings. The normalized spacial score (nSPS) is 14.2. The summed E-state index contributed by atoms with van der Waals surface area (Å²) in [4.78, 5) is 4.25. The van der Waals surface area contributed by atoms with Crippen molar-refractivity contribution in [1.29, 1.82) is 0 Å². The lowest BCUT2D eigenvalue weighted by Crippen LogP contribution is -2.43. The molecule has 2 atom stereocenters. The van der Waals surface area contributed by atoms with E-state index in [2.05, 4.69) is 67.6 Å². The van der Waals surface area contributed by atoms with Crippen LogP contribution in [0.3, 0.4) is 0 Å². The van der Waals surface area contributed by atoms with Crippen LogP contribution in [0.25, 0.3) is 0 Å². The van der Waals surface area contributed by atoms with Gasteiger partial charge in [0.25, 0.3) is 0 Å². The Labute approximate surface area is 140 Å². The van der Waals surface area contributed by atoms with Gasteiger partial charge in [0, 0.05) is 19.6 Å². The highest BCUT2D eigenvalue weighted by Crippen LogP contribution is 2.14. The largest absolute Gasteiger partial charge is 0.356 e. The van der Waals surface area contributed by atoms with Gasteiger partial charge in [0.2, 0.25) is 0 Å². The summed E-state index contributed by atoms with van der Waals surface area (Å²) in [5.41, 5.74) is 2.66. The second kappa shape index (κ2) is 10.0. The van der Waals surface area contributed by atoms with Gasteiger partial charge in [-0.25, -0.2) is 0 Å². The van der Waals surface area contributed by atoms with Crippen LogP contribution in [0.2, 0.25) is 0 Å². The van der Waals surface area contributed by atoms with Crippen molar-refractivity contribution in [3.8, 4) is 0 Å². The van der Waals surface area contributed by atoms with Crippen molar-refractivity contribution in [2.45, 2.75) is 46.1 Å². The molecule has 0 saturated carbocycles. The fourth-order valence-electron chi connectivity index (χ4n) is 1.79. The number of nitrogens with one attached hydrogen (secondary N) is 2. The molecule has 0 aromatic heterocycles. The third-order valence-corrected chi connectivity index (χ3v) is 3.44. The monoisotopic (exact) mass is 389 g/mol. The zero-order valence-corrected chi connectivity index (χ0v) is 15.6. The number of benzene rings is 1. The number of rotatable bonds is 5. The second-order valence-electron chi connectivity index (χ2n) is 5.22. The highest BCUT2D eigenvalue weighted by molar-refractivity contribution is 14.0. The van der Waals surface area contributed by atoms with Gasteiger partial charge in [0.05, 0.1) is 0 Å². The molecule has 1 rings (SSSR count). The van der Waals surface area contributed by atoms with E-state index in [-0.39, 0.29) is 24.0 Å². The molecule has 0 aliphatic carbocycles. The average Bonchev–Trinajstić information content (AvgIpc) is 2.43. The van der Waals surface area contributed by atoms with Gasteiger partial charge < -0.3 is 10.6 Å². The zero-order chi connectivity index (χ0) is 14.3. The molecule has 3 nitrogen and oxygen atoms in total. The first-order valence-corrected chi connectivity index (χ1v) is 7.10. The summed E-state index contributed by atoms with van der Waals surface area (Å²) < 4.78 is 0. The van der Waals surface area contributed by atoms with Crippen LogP contribution in [0.5, 0.6) is 0 Å². The molecule has 0 amide bonds. The number of aliphatic imine (C=N–C) groups is 1. The van der Waals surface area contributed by atoms with E-state index >= 15 is 0 Å². The summed E-state index contributed by atoms with van der Waals surface area (Å²) in [5, 5.41) is 6.76. The summed E-state index contributed by atoms with van der Waals surface area (Å²) in [6.07, 6.45) is 1.09. The molecule has 1 aromatic carbocycles.